The van der Waals surface area contributed by atoms with Crippen LogP contribution >= 0.6 is 0 Å². The van der Waals surface area contributed by atoms with Crippen LogP contribution in [0.25, 0.3) is 0 Å². The number of rotatable bonds is 6. The van der Waals surface area contributed by atoms with Crippen LogP contribution in [0.4, 0.5) is 8.78 Å². The van der Waals surface area contributed by atoms with Gasteiger partial charge in [-0.2, -0.15) is 9.59 Å². The summed E-state index contributed by atoms with van der Waals surface area (Å²) in [6.07, 6.45) is 0.681. The van der Waals surface area contributed by atoms with E-state index in [1.807, 2.05) is 0 Å². The number of methoxy groups -OCH3 is 1. The van der Waals surface area contributed by atoms with E-state index in [0.29, 0.717) is 12.0 Å². The number of halogens is 2. The standard InChI is InChI=1S/C14H17F2NO4.CO2/c1-4-9-5-11(15)13(12(16)6-9)10(7-17(19)20)8(2)14(18)21-3;2-1-3/h5-6,8,10H,4,7H2,1-3H3;/t8?,10-;/m1./s1. The number of carbonyl (C=O) groups is 1. The van der Waals surface area contributed by atoms with E-state index in [4.69, 9.17) is 9.59 Å². The Morgan fingerprint density at radius 1 is 1.33 bits per heavy atom. The highest BCUT2D eigenvalue weighted by Gasteiger charge is 2.34. The first-order chi connectivity index (χ1) is 11.2. The number of hydrogen-bond donors (Lipinski definition) is 0. The number of hydrogen-bond acceptors (Lipinski definition) is 6. The van der Waals surface area contributed by atoms with Gasteiger partial charge in [-0.1, -0.05) is 13.8 Å². The third-order valence-corrected chi connectivity index (χ3v) is 3.44. The van der Waals surface area contributed by atoms with Crippen LogP contribution in [-0.2, 0) is 25.5 Å². The highest BCUT2D eigenvalue weighted by atomic mass is 19.1. The zero-order valence-electron chi connectivity index (χ0n) is 13.4. The van der Waals surface area contributed by atoms with Crippen LogP contribution < -0.4 is 0 Å². The van der Waals surface area contributed by atoms with Crippen molar-refractivity contribution < 1.29 is 32.8 Å². The van der Waals surface area contributed by atoms with E-state index >= 15 is 0 Å². The first kappa shape index (κ1) is 21.3. The van der Waals surface area contributed by atoms with Crippen molar-refractivity contribution in [2.24, 2.45) is 5.92 Å². The summed E-state index contributed by atoms with van der Waals surface area (Å²) in [5.41, 5.74) is 0.00104. The number of carbonyl (C=O) groups excluding carboxylic acids is 3. The highest BCUT2D eigenvalue weighted by molar-refractivity contribution is 5.73. The first-order valence-corrected chi connectivity index (χ1v) is 6.90. The summed E-state index contributed by atoms with van der Waals surface area (Å²) in [5.74, 6) is -4.76. The zero-order valence-corrected chi connectivity index (χ0v) is 13.4. The fraction of sp³-hybridized carbons (Fsp3) is 0.467. The van der Waals surface area contributed by atoms with Crippen molar-refractivity contribution in [3.8, 4) is 0 Å². The van der Waals surface area contributed by atoms with Crippen molar-refractivity contribution in [2.75, 3.05) is 13.7 Å². The van der Waals surface area contributed by atoms with Crippen LogP contribution in [0.2, 0.25) is 0 Å². The van der Waals surface area contributed by atoms with Gasteiger partial charge >= 0.3 is 12.1 Å². The van der Waals surface area contributed by atoms with E-state index in [0.717, 1.165) is 19.2 Å². The molecule has 0 amide bonds. The van der Waals surface area contributed by atoms with Crippen molar-refractivity contribution in [1.82, 2.24) is 0 Å². The number of esters is 1. The molecule has 132 valence electrons. The minimum absolute atomic E-state index is 0.250. The molecule has 0 saturated heterocycles. The molecule has 0 spiro atoms. The molecule has 0 aromatic heterocycles. The van der Waals surface area contributed by atoms with E-state index in [1.165, 1.54) is 6.92 Å². The molecule has 1 aromatic carbocycles. The smallest absolute Gasteiger partial charge is 0.373 e. The van der Waals surface area contributed by atoms with Gasteiger partial charge in [-0.3, -0.25) is 14.9 Å². The van der Waals surface area contributed by atoms with E-state index in [1.54, 1.807) is 6.92 Å². The zero-order chi connectivity index (χ0) is 18.9. The van der Waals surface area contributed by atoms with Crippen LogP contribution in [0, 0.1) is 27.7 Å². The number of aryl methyl sites for hydroxylation is 1. The Labute approximate surface area is 136 Å². The summed E-state index contributed by atoms with van der Waals surface area (Å²) >= 11 is 0. The average molecular weight is 345 g/mol. The Bertz CT molecular complexity index is 605. The molecule has 2 atom stereocenters. The van der Waals surface area contributed by atoms with Gasteiger partial charge in [0.25, 0.3) is 0 Å². The molecule has 0 fully saturated rings. The van der Waals surface area contributed by atoms with Crippen molar-refractivity contribution in [3.05, 3.63) is 45.0 Å². The lowest BCUT2D eigenvalue weighted by atomic mass is 9.85. The van der Waals surface area contributed by atoms with Gasteiger partial charge in [0.15, 0.2) is 0 Å². The van der Waals surface area contributed by atoms with Crippen molar-refractivity contribution in [1.29, 1.82) is 0 Å². The second-order valence-electron chi connectivity index (χ2n) is 4.84. The maximum Gasteiger partial charge on any atom is 0.373 e. The Kier molecular flexibility index (Phi) is 9.04. The lowest BCUT2D eigenvalue weighted by Crippen LogP contribution is -2.28. The molecule has 0 bridgehead atoms. The minimum Gasteiger partial charge on any atom is -0.469 e. The largest absolute Gasteiger partial charge is 0.469 e. The molecule has 0 N–H and O–H groups in total. The molecule has 1 unspecified atom stereocenters. The Hall–Kier alpha value is -2.67. The SMILES string of the molecule is CCc1cc(F)c([C@H](C[N+](=O)[O-])C(C)C(=O)OC)c(F)c1.O=C=O. The molecule has 0 aliphatic heterocycles. The molecule has 1 aromatic rings. The second kappa shape index (κ2) is 10.2. The second-order valence-corrected chi connectivity index (χ2v) is 4.84. The molecular weight excluding hydrogens is 328 g/mol. The topological polar surface area (TPSA) is 104 Å². The fourth-order valence-corrected chi connectivity index (χ4v) is 2.21. The summed E-state index contributed by atoms with van der Waals surface area (Å²) in [5, 5.41) is 10.8. The van der Waals surface area contributed by atoms with E-state index < -0.39 is 46.5 Å². The molecule has 24 heavy (non-hydrogen) atoms. The molecule has 0 aliphatic carbocycles. The van der Waals surface area contributed by atoms with Gasteiger partial charge < -0.3 is 4.74 Å². The van der Waals surface area contributed by atoms with Crippen molar-refractivity contribution >= 4 is 12.1 Å². The molecule has 9 heteroatoms. The Balaban J connectivity index is 0.00000163. The number of nitrogens with zero attached hydrogens (tertiary/aromatic N) is 1. The summed E-state index contributed by atoms with van der Waals surface area (Å²) in [6.45, 7) is 2.33. The Morgan fingerprint density at radius 3 is 2.12 bits per heavy atom. The third-order valence-electron chi connectivity index (χ3n) is 3.44. The molecule has 0 aliphatic rings. The van der Waals surface area contributed by atoms with Gasteiger partial charge in [-0.05, 0) is 24.1 Å². The highest BCUT2D eigenvalue weighted by Crippen LogP contribution is 2.31. The number of nitro groups is 1. The minimum atomic E-state index is -1.22. The quantitative estimate of drug-likeness (QED) is 0.444. The number of benzene rings is 1. The normalized spacial score (nSPS) is 12.2. The van der Waals surface area contributed by atoms with Crippen LogP contribution in [-0.4, -0.2) is 30.7 Å². The Morgan fingerprint density at radius 2 is 1.79 bits per heavy atom. The lowest BCUT2D eigenvalue weighted by Gasteiger charge is -2.20. The van der Waals surface area contributed by atoms with E-state index in [9.17, 15) is 23.7 Å². The van der Waals surface area contributed by atoms with E-state index in [2.05, 4.69) is 4.74 Å². The predicted octanol–water partition coefficient (Wildman–Crippen LogP) is 2.11. The summed E-state index contributed by atoms with van der Waals surface area (Å²) in [6, 6.07) is 2.27. The molecular formula is C15H17F2NO6. The molecule has 1 rings (SSSR count). The van der Waals surface area contributed by atoms with Crippen LogP contribution in [0.5, 0.6) is 0 Å². The third kappa shape index (κ3) is 5.85. The molecule has 0 saturated carbocycles. The van der Waals surface area contributed by atoms with Gasteiger partial charge in [-0.15, -0.1) is 0 Å². The van der Waals surface area contributed by atoms with Gasteiger partial charge in [-0.25, -0.2) is 8.78 Å². The maximum atomic E-state index is 14.1. The van der Waals surface area contributed by atoms with Gasteiger partial charge in [0.1, 0.15) is 11.6 Å². The summed E-state index contributed by atoms with van der Waals surface area (Å²) < 4.78 is 32.7. The van der Waals surface area contributed by atoms with Gasteiger partial charge in [0.05, 0.1) is 18.9 Å². The van der Waals surface area contributed by atoms with E-state index in [-0.39, 0.29) is 6.15 Å². The van der Waals surface area contributed by atoms with Gasteiger partial charge in [0, 0.05) is 10.5 Å². The summed E-state index contributed by atoms with van der Waals surface area (Å²) in [4.78, 5) is 37.9. The number of ether oxygens (including phenoxy) is 1. The lowest BCUT2D eigenvalue weighted by molar-refractivity contribution is -0.484. The summed E-state index contributed by atoms with van der Waals surface area (Å²) in [7, 11) is 1.12. The van der Waals surface area contributed by atoms with Gasteiger partial charge in [0.2, 0.25) is 6.54 Å². The molecule has 0 radical (unpaired) electrons. The van der Waals surface area contributed by atoms with Crippen LogP contribution in [0.15, 0.2) is 12.1 Å². The van der Waals surface area contributed by atoms with Crippen LogP contribution in [0.1, 0.15) is 30.9 Å². The average Bonchev–Trinajstić information content (AvgIpc) is 2.51. The molecule has 0 heterocycles. The molecule has 7 nitrogen and oxygen atoms in total. The predicted molar refractivity (Wildman–Crippen MR) is 76.5 cm³/mol. The monoisotopic (exact) mass is 345 g/mol. The first-order valence-electron chi connectivity index (χ1n) is 6.90. The van der Waals surface area contributed by atoms with Crippen molar-refractivity contribution in [2.45, 2.75) is 26.2 Å². The maximum absolute atomic E-state index is 14.1. The van der Waals surface area contributed by atoms with Crippen molar-refractivity contribution in [3.63, 3.8) is 0 Å². The van der Waals surface area contributed by atoms with Crippen LogP contribution in [0.3, 0.4) is 0 Å². The fourth-order valence-electron chi connectivity index (χ4n) is 2.21.